The predicted octanol–water partition coefficient (Wildman–Crippen LogP) is 3.66. The van der Waals surface area contributed by atoms with Gasteiger partial charge in [0.15, 0.2) is 0 Å². The maximum Gasteiger partial charge on any atom is 0.265 e. The molecule has 2 heterocycles. The zero-order valence-electron chi connectivity index (χ0n) is 14.3. The molecule has 0 aliphatic rings. The van der Waals surface area contributed by atoms with Crippen LogP contribution in [-0.4, -0.2) is 33.5 Å². The summed E-state index contributed by atoms with van der Waals surface area (Å²) in [6.45, 7) is 0.437. The quantitative estimate of drug-likeness (QED) is 0.725. The SMILES string of the molecule is CN(Cc1cnn(C)c1)C(=O)c1ccc(Cl)c(NC(=O)c2cccs2)c1. The lowest BCUT2D eigenvalue weighted by molar-refractivity contribution is 0.0784. The van der Waals surface area contributed by atoms with Crippen LogP contribution in [0.5, 0.6) is 0 Å². The lowest BCUT2D eigenvalue weighted by Gasteiger charge is -2.17. The first-order chi connectivity index (χ1) is 12.4. The van der Waals surface area contributed by atoms with Crippen molar-refractivity contribution in [3.8, 4) is 0 Å². The van der Waals surface area contributed by atoms with Crippen molar-refractivity contribution >= 4 is 40.4 Å². The highest BCUT2D eigenvalue weighted by atomic mass is 35.5. The standard InChI is InChI=1S/C18H17ClN4O2S/c1-22(10-12-9-20-23(2)11-12)18(25)13-5-6-14(19)15(8-13)21-17(24)16-4-3-7-26-16/h3-9,11H,10H2,1-2H3,(H,21,24). The molecule has 0 radical (unpaired) electrons. The van der Waals surface area contributed by atoms with Gasteiger partial charge in [0.05, 0.1) is 21.8 Å². The molecule has 3 rings (SSSR count). The van der Waals surface area contributed by atoms with Gasteiger partial charge in [-0.1, -0.05) is 17.7 Å². The monoisotopic (exact) mass is 388 g/mol. The molecule has 0 saturated carbocycles. The highest BCUT2D eigenvalue weighted by Crippen LogP contribution is 2.25. The van der Waals surface area contributed by atoms with E-state index in [1.165, 1.54) is 11.3 Å². The van der Waals surface area contributed by atoms with E-state index in [4.69, 9.17) is 11.6 Å². The fourth-order valence-corrected chi connectivity index (χ4v) is 3.25. The number of thiophene rings is 1. The molecule has 1 N–H and O–H groups in total. The molecule has 0 spiro atoms. The van der Waals surface area contributed by atoms with Crippen LogP contribution in [0.25, 0.3) is 0 Å². The molecule has 8 heteroatoms. The fourth-order valence-electron chi connectivity index (χ4n) is 2.47. The summed E-state index contributed by atoms with van der Waals surface area (Å²) in [7, 11) is 3.54. The molecule has 0 aliphatic carbocycles. The lowest BCUT2D eigenvalue weighted by Crippen LogP contribution is -2.26. The molecule has 3 aromatic rings. The zero-order valence-corrected chi connectivity index (χ0v) is 15.8. The summed E-state index contributed by atoms with van der Waals surface area (Å²) < 4.78 is 1.69. The molecular formula is C18H17ClN4O2S. The summed E-state index contributed by atoms with van der Waals surface area (Å²) in [5, 5.41) is 9.05. The summed E-state index contributed by atoms with van der Waals surface area (Å²) in [6, 6.07) is 8.37. The number of hydrogen-bond acceptors (Lipinski definition) is 4. The molecule has 26 heavy (non-hydrogen) atoms. The smallest absolute Gasteiger partial charge is 0.265 e. The van der Waals surface area contributed by atoms with Crippen LogP contribution in [0, 0.1) is 0 Å². The van der Waals surface area contributed by atoms with Gasteiger partial charge in [0.2, 0.25) is 0 Å². The van der Waals surface area contributed by atoms with Crippen LogP contribution in [0.1, 0.15) is 25.6 Å². The molecule has 0 fully saturated rings. The van der Waals surface area contributed by atoms with Crippen LogP contribution in [0.3, 0.4) is 0 Å². The van der Waals surface area contributed by atoms with Crippen molar-refractivity contribution in [2.45, 2.75) is 6.54 Å². The van der Waals surface area contributed by atoms with Crippen molar-refractivity contribution in [3.63, 3.8) is 0 Å². The van der Waals surface area contributed by atoms with E-state index in [1.807, 2.05) is 18.6 Å². The molecule has 2 aromatic heterocycles. The zero-order chi connectivity index (χ0) is 18.7. The third-order valence-corrected chi connectivity index (χ3v) is 4.93. The maximum atomic E-state index is 12.7. The highest BCUT2D eigenvalue weighted by Gasteiger charge is 2.16. The summed E-state index contributed by atoms with van der Waals surface area (Å²) in [5.74, 6) is -0.424. The topological polar surface area (TPSA) is 67.2 Å². The predicted molar refractivity (Wildman–Crippen MR) is 103 cm³/mol. The molecule has 134 valence electrons. The number of rotatable bonds is 5. The Balaban J connectivity index is 1.75. The van der Waals surface area contributed by atoms with Gasteiger partial charge in [0.1, 0.15) is 0 Å². The number of benzene rings is 1. The first kappa shape index (κ1) is 18.2. The van der Waals surface area contributed by atoms with Crippen molar-refractivity contribution in [1.82, 2.24) is 14.7 Å². The van der Waals surface area contributed by atoms with Crippen LogP contribution >= 0.6 is 22.9 Å². The van der Waals surface area contributed by atoms with E-state index in [0.29, 0.717) is 27.7 Å². The first-order valence-electron chi connectivity index (χ1n) is 7.81. The Morgan fingerprint density at radius 2 is 2.15 bits per heavy atom. The molecule has 0 unspecified atom stereocenters. The molecule has 0 bridgehead atoms. The van der Waals surface area contributed by atoms with Crippen molar-refractivity contribution < 1.29 is 9.59 Å². The number of hydrogen-bond donors (Lipinski definition) is 1. The second-order valence-electron chi connectivity index (χ2n) is 5.81. The van der Waals surface area contributed by atoms with Crippen LogP contribution in [0.4, 0.5) is 5.69 Å². The summed E-state index contributed by atoms with van der Waals surface area (Å²) in [6.07, 6.45) is 3.58. The van der Waals surface area contributed by atoms with Crippen LogP contribution in [0.15, 0.2) is 48.1 Å². The summed E-state index contributed by atoms with van der Waals surface area (Å²) in [4.78, 5) is 27.1. The van der Waals surface area contributed by atoms with E-state index in [-0.39, 0.29) is 11.8 Å². The van der Waals surface area contributed by atoms with Crippen LogP contribution in [-0.2, 0) is 13.6 Å². The van der Waals surface area contributed by atoms with Crippen LogP contribution < -0.4 is 5.32 Å². The van der Waals surface area contributed by atoms with Gasteiger partial charge in [-0.15, -0.1) is 11.3 Å². The molecule has 2 amide bonds. The van der Waals surface area contributed by atoms with E-state index in [0.717, 1.165) is 5.56 Å². The highest BCUT2D eigenvalue weighted by molar-refractivity contribution is 7.12. The first-order valence-corrected chi connectivity index (χ1v) is 9.07. The van der Waals surface area contributed by atoms with Crippen molar-refractivity contribution in [3.05, 3.63) is 69.1 Å². The van der Waals surface area contributed by atoms with Gasteiger partial charge in [-0.05, 0) is 29.6 Å². The van der Waals surface area contributed by atoms with Gasteiger partial charge < -0.3 is 10.2 Å². The largest absolute Gasteiger partial charge is 0.337 e. The van der Waals surface area contributed by atoms with Crippen molar-refractivity contribution in [2.75, 3.05) is 12.4 Å². The van der Waals surface area contributed by atoms with Gasteiger partial charge in [0, 0.05) is 38.0 Å². The van der Waals surface area contributed by atoms with Gasteiger partial charge in [-0.25, -0.2) is 0 Å². The number of carbonyl (C=O) groups excluding carboxylic acids is 2. The minimum absolute atomic E-state index is 0.169. The number of anilines is 1. The maximum absolute atomic E-state index is 12.7. The molecule has 0 aliphatic heterocycles. The Morgan fingerprint density at radius 3 is 2.81 bits per heavy atom. The lowest BCUT2D eigenvalue weighted by atomic mass is 10.1. The van der Waals surface area contributed by atoms with E-state index in [2.05, 4.69) is 10.4 Å². The van der Waals surface area contributed by atoms with Crippen molar-refractivity contribution in [2.24, 2.45) is 7.05 Å². The van der Waals surface area contributed by atoms with E-state index < -0.39 is 0 Å². The van der Waals surface area contributed by atoms with E-state index in [1.54, 1.807) is 53.2 Å². The Morgan fingerprint density at radius 1 is 1.35 bits per heavy atom. The molecular weight excluding hydrogens is 372 g/mol. The minimum Gasteiger partial charge on any atom is -0.337 e. The third kappa shape index (κ3) is 4.12. The Labute approximate surface area is 160 Å². The molecule has 0 atom stereocenters. The number of nitrogens with one attached hydrogen (secondary N) is 1. The number of nitrogens with zero attached hydrogens (tertiary/aromatic N) is 3. The van der Waals surface area contributed by atoms with Gasteiger partial charge in [-0.3, -0.25) is 14.3 Å². The molecule has 0 saturated heterocycles. The van der Waals surface area contributed by atoms with Gasteiger partial charge in [0.25, 0.3) is 11.8 Å². The molecule has 6 nitrogen and oxygen atoms in total. The number of halogens is 1. The van der Waals surface area contributed by atoms with Crippen LogP contribution in [0.2, 0.25) is 5.02 Å². The second-order valence-corrected chi connectivity index (χ2v) is 7.16. The van der Waals surface area contributed by atoms with Crippen molar-refractivity contribution in [1.29, 1.82) is 0 Å². The third-order valence-electron chi connectivity index (χ3n) is 3.73. The molecule has 1 aromatic carbocycles. The average Bonchev–Trinajstić information content (AvgIpc) is 3.28. The Bertz CT molecular complexity index is 937. The number of aromatic nitrogens is 2. The average molecular weight is 389 g/mol. The number of aryl methyl sites for hydroxylation is 1. The van der Waals surface area contributed by atoms with Gasteiger partial charge >= 0.3 is 0 Å². The fraction of sp³-hybridized carbons (Fsp3) is 0.167. The number of carbonyl (C=O) groups is 2. The minimum atomic E-state index is -0.254. The summed E-state index contributed by atoms with van der Waals surface area (Å²) in [5.41, 5.74) is 1.79. The Kier molecular flexibility index (Phi) is 5.39. The second kappa shape index (κ2) is 7.72. The number of amides is 2. The Hall–Kier alpha value is -2.64. The summed E-state index contributed by atoms with van der Waals surface area (Å²) >= 11 is 7.51. The van der Waals surface area contributed by atoms with Gasteiger partial charge in [-0.2, -0.15) is 5.10 Å². The van der Waals surface area contributed by atoms with E-state index in [9.17, 15) is 9.59 Å². The van der Waals surface area contributed by atoms with E-state index >= 15 is 0 Å². The normalized spacial score (nSPS) is 10.6.